The molecule has 0 aliphatic rings. The van der Waals surface area contributed by atoms with Crippen LogP contribution in [0.2, 0.25) is 0 Å². The number of nitrogens with zero attached hydrogens (tertiary/aromatic N) is 2. The van der Waals surface area contributed by atoms with E-state index >= 15 is 0 Å². The standard InChI is InChI=1S/C14H16N2O4/c1-18-12-9-13(19-2)16-14(15-12)20-11-6-4-3-5-10(11)7-8-17/h3-6,9,17H,7-8H2,1-2H3. The van der Waals surface area contributed by atoms with Gasteiger partial charge in [0.05, 0.1) is 20.3 Å². The second-order valence-corrected chi connectivity index (χ2v) is 3.92. The van der Waals surface area contributed by atoms with Crippen molar-refractivity contribution in [3.8, 4) is 23.5 Å². The number of hydrogen-bond donors (Lipinski definition) is 1. The maximum atomic E-state index is 9.05. The Kier molecular flexibility index (Phi) is 4.73. The van der Waals surface area contributed by atoms with Crippen LogP contribution in [0.1, 0.15) is 5.56 Å². The van der Waals surface area contributed by atoms with Gasteiger partial charge in [-0.2, -0.15) is 9.97 Å². The van der Waals surface area contributed by atoms with Gasteiger partial charge in [-0.3, -0.25) is 0 Å². The van der Waals surface area contributed by atoms with Gasteiger partial charge < -0.3 is 19.3 Å². The van der Waals surface area contributed by atoms with Gasteiger partial charge in [0.25, 0.3) is 0 Å². The minimum Gasteiger partial charge on any atom is -0.481 e. The average molecular weight is 276 g/mol. The first-order valence-corrected chi connectivity index (χ1v) is 6.10. The summed E-state index contributed by atoms with van der Waals surface area (Å²) in [4.78, 5) is 8.20. The molecule has 0 aliphatic heterocycles. The van der Waals surface area contributed by atoms with Gasteiger partial charge in [-0.1, -0.05) is 18.2 Å². The Labute approximate surface area is 117 Å². The molecule has 0 saturated carbocycles. The highest BCUT2D eigenvalue weighted by atomic mass is 16.5. The van der Waals surface area contributed by atoms with Crippen molar-refractivity contribution in [2.45, 2.75) is 6.42 Å². The minimum atomic E-state index is 0.0443. The molecule has 1 heterocycles. The van der Waals surface area contributed by atoms with Crippen LogP contribution in [0.3, 0.4) is 0 Å². The van der Waals surface area contributed by atoms with E-state index in [-0.39, 0.29) is 12.6 Å². The number of aliphatic hydroxyl groups is 1. The minimum absolute atomic E-state index is 0.0443. The van der Waals surface area contributed by atoms with E-state index in [0.29, 0.717) is 23.9 Å². The largest absolute Gasteiger partial charge is 0.481 e. The van der Waals surface area contributed by atoms with E-state index in [9.17, 15) is 0 Å². The summed E-state index contributed by atoms with van der Waals surface area (Å²) in [6.45, 7) is 0.0443. The third-order valence-electron chi connectivity index (χ3n) is 2.63. The molecule has 1 aromatic carbocycles. The molecular formula is C14H16N2O4. The molecule has 0 aliphatic carbocycles. The monoisotopic (exact) mass is 276 g/mol. The zero-order chi connectivity index (χ0) is 14.4. The molecule has 0 bridgehead atoms. The molecule has 106 valence electrons. The van der Waals surface area contributed by atoms with Crippen LogP contribution in [-0.2, 0) is 6.42 Å². The van der Waals surface area contributed by atoms with Gasteiger partial charge >= 0.3 is 6.01 Å². The summed E-state index contributed by atoms with van der Waals surface area (Å²) >= 11 is 0. The molecule has 0 unspecified atom stereocenters. The lowest BCUT2D eigenvalue weighted by molar-refractivity contribution is 0.297. The smallest absolute Gasteiger partial charge is 0.328 e. The maximum Gasteiger partial charge on any atom is 0.328 e. The van der Waals surface area contributed by atoms with Crippen LogP contribution >= 0.6 is 0 Å². The molecule has 1 N–H and O–H groups in total. The number of ether oxygens (including phenoxy) is 3. The van der Waals surface area contributed by atoms with Gasteiger partial charge in [0.1, 0.15) is 5.75 Å². The Morgan fingerprint density at radius 3 is 2.30 bits per heavy atom. The summed E-state index contributed by atoms with van der Waals surface area (Å²) in [6.07, 6.45) is 0.497. The zero-order valence-electron chi connectivity index (χ0n) is 11.4. The predicted octanol–water partition coefficient (Wildman–Crippen LogP) is 1.82. The Bertz CT molecular complexity index is 553. The molecule has 0 saturated heterocycles. The fourth-order valence-corrected chi connectivity index (χ4v) is 1.67. The van der Waals surface area contributed by atoms with Crippen molar-refractivity contribution >= 4 is 0 Å². The van der Waals surface area contributed by atoms with Crippen LogP contribution in [0.25, 0.3) is 0 Å². The highest BCUT2D eigenvalue weighted by Crippen LogP contribution is 2.26. The van der Waals surface area contributed by atoms with Crippen LogP contribution in [0, 0.1) is 0 Å². The molecule has 0 atom stereocenters. The number of rotatable bonds is 6. The van der Waals surface area contributed by atoms with Crippen molar-refractivity contribution in [2.24, 2.45) is 0 Å². The molecule has 0 radical (unpaired) electrons. The molecule has 2 aromatic rings. The van der Waals surface area contributed by atoms with E-state index < -0.39 is 0 Å². The van der Waals surface area contributed by atoms with E-state index in [1.54, 1.807) is 12.1 Å². The number of hydrogen-bond acceptors (Lipinski definition) is 6. The van der Waals surface area contributed by atoms with Crippen molar-refractivity contribution in [1.29, 1.82) is 0 Å². The predicted molar refractivity (Wildman–Crippen MR) is 72.4 cm³/mol. The molecule has 0 amide bonds. The topological polar surface area (TPSA) is 73.7 Å². The van der Waals surface area contributed by atoms with Crippen molar-refractivity contribution in [2.75, 3.05) is 20.8 Å². The second-order valence-electron chi connectivity index (χ2n) is 3.92. The fourth-order valence-electron chi connectivity index (χ4n) is 1.67. The third kappa shape index (κ3) is 3.36. The Morgan fingerprint density at radius 2 is 1.70 bits per heavy atom. The first-order chi connectivity index (χ1) is 9.76. The van der Waals surface area contributed by atoms with Crippen molar-refractivity contribution in [1.82, 2.24) is 9.97 Å². The Hall–Kier alpha value is -2.34. The summed E-state index contributed by atoms with van der Waals surface area (Å²) in [5.41, 5.74) is 0.875. The molecule has 6 heteroatoms. The highest BCUT2D eigenvalue weighted by molar-refractivity contribution is 5.36. The number of para-hydroxylation sites is 1. The number of aromatic nitrogens is 2. The molecule has 2 rings (SSSR count). The van der Waals surface area contributed by atoms with Crippen molar-refractivity contribution in [3.63, 3.8) is 0 Å². The van der Waals surface area contributed by atoms with E-state index in [4.69, 9.17) is 19.3 Å². The maximum absolute atomic E-state index is 9.05. The first kappa shape index (κ1) is 14.1. The third-order valence-corrected chi connectivity index (χ3v) is 2.63. The molecular weight excluding hydrogens is 260 g/mol. The fraction of sp³-hybridized carbons (Fsp3) is 0.286. The first-order valence-electron chi connectivity index (χ1n) is 6.10. The highest BCUT2D eigenvalue weighted by Gasteiger charge is 2.10. The zero-order valence-corrected chi connectivity index (χ0v) is 11.4. The summed E-state index contributed by atoms with van der Waals surface area (Å²) in [7, 11) is 3.01. The Morgan fingerprint density at radius 1 is 1.05 bits per heavy atom. The van der Waals surface area contributed by atoms with Gasteiger partial charge in [0.2, 0.25) is 11.8 Å². The van der Waals surface area contributed by atoms with Crippen LogP contribution < -0.4 is 14.2 Å². The molecule has 20 heavy (non-hydrogen) atoms. The van der Waals surface area contributed by atoms with Crippen LogP contribution in [-0.4, -0.2) is 35.9 Å². The normalized spacial score (nSPS) is 10.2. The average Bonchev–Trinajstić information content (AvgIpc) is 2.49. The van der Waals surface area contributed by atoms with Crippen LogP contribution in [0.5, 0.6) is 23.5 Å². The summed E-state index contributed by atoms with van der Waals surface area (Å²) < 4.78 is 15.8. The van der Waals surface area contributed by atoms with E-state index in [1.807, 2.05) is 18.2 Å². The molecule has 1 aromatic heterocycles. The summed E-state index contributed by atoms with van der Waals surface area (Å²) in [5, 5.41) is 9.05. The van der Waals surface area contributed by atoms with Gasteiger partial charge in [-0.05, 0) is 18.1 Å². The molecule has 0 spiro atoms. The van der Waals surface area contributed by atoms with Gasteiger partial charge in [-0.15, -0.1) is 0 Å². The number of aliphatic hydroxyl groups excluding tert-OH is 1. The quantitative estimate of drug-likeness (QED) is 0.867. The van der Waals surface area contributed by atoms with Gasteiger partial charge in [0.15, 0.2) is 0 Å². The van der Waals surface area contributed by atoms with E-state index in [2.05, 4.69) is 9.97 Å². The number of benzene rings is 1. The van der Waals surface area contributed by atoms with Crippen LogP contribution in [0.4, 0.5) is 0 Å². The molecule has 0 fully saturated rings. The van der Waals surface area contributed by atoms with Crippen LogP contribution in [0.15, 0.2) is 30.3 Å². The van der Waals surface area contributed by atoms with Crippen molar-refractivity contribution in [3.05, 3.63) is 35.9 Å². The van der Waals surface area contributed by atoms with E-state index in [1.165, 1.54) is 14.2 Å². The summed E-state index contributed by atoms with van der Waals surface area (Å²) in [5.74, 6) is 1.30. The van der Waals surface area contributed by atoms with E-state index in [0.717, 1.165) is 5.56 Å². The lowest BCUT2D eigenvalue weighted by Gasteiger charge is -2.10. The molecule has 6 nitrogen and oxygen atoms in total. The lowest BCUT2D eigenvalue weighted by Crippen LogP contribution is -2.00. The SMILES string of the molecule is COc1cc(OC)nc(Oc2ccccc2CCO)n1. The second kappa shape index (κ2) is 6.72. The lowest BCUT2D eigenvalue weighted by atomic mass is 10.1. The Balaban J connectivity index is 2.29. The van der Waals surface area contributed by atoms with Crippen molar-refractivity contribution < 1.29 is 19.3 Å². The number of methoxy groups -OCH3 is 2. The summed E-state index contributed by atoms with van der Waals surface area (Å²) in [6, 6.07) is 9.08. The van der Waals surface area contributed by atoms with Gasteiger partial charge in [-0.25, -0.2) is 0 Å². The van der Waals surface area contributed by atoms with Gasteiger partial charge in [0, 0.05) is 6.61 Å².